The molecule has 1 rings (SSSR count). The highest BCUT2D eigenvalue weighted by Crippen LogP contribution is 2.11. The molecule has 1 aromatic rings. The van der Waals surface area contributed by atoms with E-state index in [9.17, 15) is 4.79 Å². The number of aryl methyl sites for hydroxylation is 1. The molecule has 1 unspecified atom stereocenters. The quantitative estimate of drug-likeness (QED) is 0.706. The molecule has 0 saturated carbocycles. The highest BCUT2D eigenvalue weighted by molar-refractivity contribution is 5.77. The molecule has 2 N–H and O–H groups in total. The second kappa shape index (κ2) is 8.53. The van der Waals surface area contributed by atoms with Gasteiger partial charge in [-0.2, -0.15) is 0 Å². The SMILES string of the molecule is Cc1cccc(OCC(=O)NCCCC(C)CO)c1. The second-order valence-electron chi connectivity index (χ2n) is 4.89. The minimum atomic E-state index is -0.113. The lowest BCUT2D eigenvalue weighted by Crippen LogP contribution is -2.29. The molecule has 0 saturated heterocycles. The smallest absolute Gasteiger partial charge is 0.257 e. The molecule has 0 radical (unpaired) electrons. The number of nitrogens with one attached hydrogen (secondary N) is 1. The number of aliphatic hydroxyl groups excluding tert-OH is 1. The maximum Gasteiger partial charge on any atom is 0.257 e. The van der Waals surface area contributed by atoms with Crippen LogP contribution < -0.4 is 10.1 Å². The number of hydrogen-bond acceptors (Lipinski definition) is 3. The molecule has 4 heteroatoms. The summed E-state index contributed by atoms with van der Waals surface area (Å²) in [6.45, 7) is 4.84. The Morgan fingerprint density at radius 1 is 1.47 bits per heavy atom. The summed E-state index contributed by atoms with van der Waals surface area (Å²) in [5.41, 5.74) is 1.11. The van der Waals surface area contributed by atoms with E-state index < -0.39 is 0 Å². The summed E-state index contributed by atoms with van der Waals surface area (Å²) >= 11 is 0. The third kappa shape index (κ3) is 6.82. The average Bonchev–Trinajstić information content (AvgIpc) is 2.41. The van der Waals surface area contributed by atoms with Crippen LogP contribution in [-0.2, 0) is 4.79 Å². The van der Waals surface area contributed by atoms with Crippen molar-refractivity contribution in [2.45, 2.75) is 26.7 Å². The molecular formula is C15H23NO3. The van der Waals surface area contributed by atoms with Gasteiger partial charge in [0, 0.05) is 13.2 Å². The molecule has 1 atom stereocenters. The molecule has 19 heavy (non-hydrogen) atoms. The number of ether oxygens (including phenoxy) is 1. The van der Waals surface area contributed by atoms with E-state index in [2.05, 4.69) is 5.32 Å². The molecule has 106 valence electrons. The zero-order valence-electron chi connectivity index (χ0n) is 11.7. The van der Waals surface area contributed by atoms with Gasteiger partial charge in [0.25, 0.3) is 5.91 Å². The number of carbonyl (C=O) groups is 1. The molecule has 1 amide bonds. The van der Waals surface area contributed by atoms with E-state index in [4.69, 9.17) is 9.84 Å². The van der Waals surface area contributed by atoms with E-state index in [0.29, 0.717) is 18.2 Å². The summed E-state index contributed by atoms with van der Waals surface area (Å²) in [6.07, 6.45) is 1.79. The van der Waals surface area contributed by atoms with Crippen molar-refractivity contribution < 1.29 is 14.6 Å². The fourth-order valence-electron chi connectivity index (χ4n) is 1.67. The maximum atomic E-state index is 11.5. The van der Waals surface area contributed by atoms with Gasteiger partial charge in [-0.1, -0.05) is 19.1 Å². The first-order valence-corrected chi connectivity index (χ1v) is 6.69. The number of hydrogen-bond donors (Lipinski definition) is 2. The molecule has 0 spiro atoms. The van der Waals surface area contributed by atoms with Crippen LogP contribution in [0.1, 0.15) is 25.3 Å². The Morgan fingerprint density at radius 2 is 2.26 bits per heavy atom. The van der Waals surface area contributed by atoms with Crippen LogP contribution in [0.5, 0.6) is 5.75 Å². The third-order valence-corrected chi connectivity index (χ3v) is 2.87. The van der Waals surface area contributed by atoms with E-state index in [-0.39, 0.29) is 19.1 Å². The third-order valence-electron chi connectivity index (χ3n) is 2.87. The Hall–Kier alpha value is -1.55. The van der Waals surface area contributed by atoms with Crippen molar-refractivity contribution in [3.8, 4) is 5.75 Å². The van der Waals surface area contributed by atoms with Crippen LogP contribution in [0, 0.1) is 12.8 Å². The Morgan fingerprint density at radius 3 is 2.95 bits per heavy atom. The molecule has 0 aliphatic heterocycles. The van der Waals surface area contributed by atoms with Gasteiger partial charge < -0.3 is 15.2 Å². The molecule has 0 fully saturated rings. The lowest BCUT2D eigenvalue weighted by molar-refractivity contribution is -0.123. The summed E-state index contributed by atoms with van der Waals surface area (Å²) in [7, 11) is 0. The van der Waals surface area contributed by atoms with Crippen LogP contribution in [-0.4, -0.2) is 30.8 Å². The van der Waals surface area contributed by atoms with Gasteiger partial charge >= 0.3 is 0 Å². The summed E-state index contributed by atoms with van der Waals surface area (Å²) in [5, 5.41) is 11.7. The summed E-state index contributed by atoms with van der Waals surface area (Å²) in [4.78, 5) is 11.5. The molecule has 0 aliphatic carbocycles. The predicted octanol–water partition coefficient (Wildman–Crippen LogP) is 1.90. The van der Waals surface area contributed by atoms with Crippen molar-refractivity contribution >= 4 is 5.91 Å². The van der Waals surface area contributed by atoms with Gasteiger partial charge in [-0.15, -0.1) is 0 Å². The van der Waals surface area contributed by atoms with Crippen molar-refractivity contribution in [1.29, 1.82) is 0 Å². The minimum absolute atomic E-state index is 0.0407. The molecule has 1 aromatic carbocycles. The fraction of sp³-hybridized carbons (Fsp3) is 0.533. The summed E-state index contributed by atoms with van der Waals surface area (Å²) in [6, 6.07) is 7.62. The van der Waals surface area contributed by atoms with Gasteiger partial charge in [0.15, 0.2) is 6.61 Å². The van der Waals surface area contributed by atoms with Gasteiger partial charge in [0.2, 0.25) is 0 Å². The number of amides is 1. The monoisotopic (exact) mass is 265 g/mol. The molecule has 0 aliphatic rings. The van der Waals surface area contributed by atoms with Crippen molar-refractivity contribution in [3.05, 3.63) is 29.8 Å². The summed E-state index contributed by atoms with van der Waals surface area (Å²) < 4.78 is 5.40. The van der Waals surface area contributed by atoms with Crippen LogP contribution in [0.2, 0.25) is 0 Å². The zero-order valence-corrected chi connectivity index (χ0v) is 11.7. The molecule has 0 aromatic heterocycles. The van der Waals surface area contributed by atoms with Crippen molar-refractivity contribution in [2.24, 2.45) is 5.92 Å². The number of rotatable bonds is 8. The first kappa shape index (κ1) is 15.5. The van der Waals surface area contributed by atoms with E-state index in [1.165, 1.54) is 0 Å². The summed E-state index contributed by atoms with van der Waals surface area (Å²) in [5.74, 6) is 0.891. The highest BCUT2D eigenvalue weighted by Gasteiger charge is 2.03. The largest absolute Gasteiger partial charge is 0.484 e. The topological polar surface area (TPSA) is 58.6 Å². The maximum absolute atomic E-state index is 11.5. The highest BCUT2D eigenvalue weighted by atomic mass is 16.5. The lowest BCUT2D eigenvalue weighted by atomic mass is 10.1. The number of aliphatic hydroxyl groups is 1. The lowest BCUT2D eigenvalue weighted by Gasteiger charge is -2.09. The molecular weight excluding hydrogens is 242 g/mol. The van der Waals surface area contributed by atoms with E-state index in [0.717, 1.165) is 18.4 Å². The van der Waals surface area contributed by atoms with Crippen molar-refractivity contribution in [3.63, 3.8) is 0 Å². The van der Waals surface area contributed by atoms with Gasteiger partial charge in [0.1, 0.15) is 5.75 Å². The van der Waals surface area contributed by atoms with Crippen LogP contribution in [0.3, 0.4) is 0 Å². The normalized spacial score (nSPS) is 11.9. The Kier molecular flexibility index (Phi) is 6.97. The number of carbonyl (C=O) groups excluding carboxylic acids is 1. The number of benzene rings is 1. The van der Waals surface area contributed by atoms with Gasteiger partial charge in [-0.05, 0) is 43.4 Å². The minimum Gasteiger partial charge on any atom is -0.484 e. The van der Waals surface area contributed by atoms with Crippen LogP contribution in [0.15, 0.2) is 24.3 Å². The first-order valence-electron chi connectivity index (χ1n) is 6.69. The van der Waals surface area contributed by atoms with Gasteiger partial charge in [-0.25, -0.2) is 0 Å². The standard InChI is InChI=1S/C15H23NO3/c1-12-5-3-7-14(9-12)19-11-15(18)16-8-4-6-13(2)10-17/h3,5,7,9,13,17H,4,6,8,10-11H2,1-2H3,(H,16,18). The first-order chi connectivity index (χ1) is 9.11. The average molecular weight is 265 g/mol. The van der Waals surface area contributed by atoms with Gasteiger partial charge in [-0.3, -0.25) is 4.79 Å². The van der Waals surface area contributed by atoms with Crippen LogP contribution in [0.25, 0.3) is 0 Å². The molecule has 4 nitrogen and oxygen atoms in total. The Labute approximate surface area is 114 Å². The van der Waals surface area contributed by atoms with Crippen LogP contribution in [0.4, 0.5) is 0 Å². The van der Waals surface area contributed by atoms with Crippen molar-refractivity contribution in [2.75, 3.05) is 19.8 Å². The Bertz CT molecular complexity index is 393. The Balaban J connectivity index is 2.14. The molecule has 0 bridgehead atoms. The van der Waals surface area contributed by atoms with Crippen LogP contribution >= 0.6 is 0 Å². The fourth-order valence-corrected chi connectivity index (χ4v) is 1.67. The van der Waals surface area contributed by atoms with E-state index >= 15 is 0 Å². The molecule has 0 heterocycles. The predicted molar refractivity (Wildman–Crippen MR) is 75.2 cm³/mol. The second-order valence-corrected chi connectivity index (χ2v) is 4.89. The van der Waals surface area contributed by atoms with Gasteiger partial charge in [0.05, 0.1) is 0 Å². The van der Waals surface area contributed by atoms with E-state index in [1.807, 2.05) is 38.1 Å². The van der Waals surface area contributed by atoms with E-state index in [1.54, 1.807) is 0 Å². The zero-order chi connectivity index (χ0) is 14.1. The van der Waals surface area contributed by atoms with Crippen molar-refractivity contribution in [1.82, 2.24) is 5.32 Å².